The van der Waals surface area contributed by atoms with Gasteiger partial charge in [0.15, 0.2) is 11.4 Å². The van der Waals surface area contributed by atoms with Crippen molar-refractivity contribution in [3.63, 3.8) is 0 Å². The number of aliphatic hydroxyl groups is 3. The second-order valence-electron chi connectivity index (χ2n) is 12.3. The van der Waals surface area contributed by atoms with Crippen LogP contribution in [0.3, 0.4) is 0 Å². The lowest BCUT2D eigenvalue weighted by atomic mass is 9.59. The first-order valence-corrected chi connectivity index (χ1v) is 13.1. The van der Waals surface area contributed by atoms with E-state index in [4.69, 9.17) is 9.47 Å². The SMILES string of the molecule is C/C=C(\C)C(=O)O[C@@H]1[C@H](C)[C@]2(O)[C@H](C=C(CO)C[C@]3(O)C(=O)C(C)=C[C@H]23)[C@@H]2C(C)(C)[C@]12OC(=O)C(C)C. The van der Waals surface area contributed by atoms with E-state index >= 15 is 0 Å². The Bertz CT molecular complexity index is 1130. The van der Waals surface area contributed by atoms with Crippen LogP contribution in [0.1, 0.15) is 61.8 Å². The van der Waals surface area contributed by atoms with Gasteiger partial charge in [0.2, 0.25) is 0 Å². The number of hydrogen-bond acceptors (Lipinski definition) is 8. The van der Waals surface area contributed by atoms with Crippen LogP contribution in [0.2, 0.25) is 0 Å². The fourth-order valence-corrected chi connectivity index (χ4v) is 7.43. The fourth-order valence-electron chi connectivity index (χ4n) is 7.43. The normalized spacial score (nSPS) is 42.1. The average Bonchev–Trinajstić information content (AvgIpc) is 3.26. The van der Waals surface area contributed by atoms with E-state index in [9.17, 15) is 29.7 Å². The Morgan fingerprint density at radius 3 is 2.38 bits per heavy atom. The lowest BCUT2D eigenvalue weighted by Crippen LogP contribution is -2.66. The van der Waals surface area contributed by atoms with E-state index in [0.717, 1.165) is 0 Å². The van der Waals surface area contributed by atoms with E-state index in [0.29, 0.717) is 16.7 Å². The molecular formula is C29H40O8. The number of hydrogen-bond donors (Lipinski definition) is 3. The van der Waals surface area contributed by atoms with E-state index in [-0.39, 0.29) is 6.42 Å². The van der Waals surface area contributed by atoms with Gasteiger partial charge in [0, 0.05) is 41.1 Å². The number of aliphatic hydroxyl groups excluding tert-OH is 1. The topological polar surface area (TPSA) is 130 Å². The van der Waals surface area contributed by atoms with Gasteiger partial charge in [-0.05, 0) is 31.9 Å². The Kier molecular flexibility index (Phi) is 6.46. The van der Waals surface area contributed by atoms with Crippen molar-refractivity contribution in [3.05, 3.63) is 34.9 Å². The molecule has 0 unspecified atom stereocenters. The highest BCUT2D eigenvalue weighted by atomic mass is 16.6. The third-order valence-electron chi connectivity index (χ3n) is 9.69. The number of Topliss-reactive ketones (excluding diaryl/α,β-unsaturated/α-hetero) is 1. The molecule has 0 bridgehead atoms. The number of fused-ring (bicyclic) bond motifs is 5. The maximum Gasteiger partial charge on any atom is 0.333 e. The van der Waals surface area contributed by atoms with E-state index in [1.54, 1.807) is 59.8 Å². The minimum Gasteiger partial charge on any atom is -0.454 e. The average molecular weight is 517 g/mol. The van der Waals surface area contributed by atoms with Crippen LogP contribution in [0.15, 0.2) is 34.9 Å². The van der Waals surface area contributed by atoms with Gasteiger partial charge < -0.3 is 24.8 Å². The van der Waals surface area contributed by atoms with Gasteiger partial charge in [-0.1, -0.05) is 52.8 Å². The van der Waals surface area contributed by atoms with Crippen molar-refractivity contribution in [2.24, 2.45) is 35.0 Å². The monoisotopic (exact) mass is 516 g/mol. The molecule has 0 aromatic heterocycles. The summed E-state index contributed by atoms with van der Waals surface area (Å²) in [6, 6.07) is 0. The smallest absolute Gasteiger partial charge is 0.333 e. The minimum atomic E-state index is -1.95. The van der Waals surface area contributed by atoms with Crippen molar-refractivity contribution in [1.29, 1.82) is 0 Å². The summed E-state index contributed by atoms with van der Waals surface area (Å²) in [6.07, 6.45) is 3.81. The van der Waals surface area contributed by atoms with Gasteiger partial charge in [0.05, 0.1) is 18.1 Å². The molecule has 4 rings (SSSR count). The molecule has 4 aliphatic rings. The number of esters is 2. The zero-order valence-electron chi connectivity index (χ0n) is 23.0. The van der Waals surface area contributed by atoms with Crippen molar-refractivity contribution in [1.82, 2.24) is 0 Å². The maximum absolute atomic E-state index is 13.2. The molecule has 8 atom stereocenters. The van der Waals surface area contributed by atoms with Crippen LogP contribution in [0.4, 0.5) is 0 Å². The molecule has 0 aliphatic heterocycles. The lowest BCUT2D eigenvalue weighted by molar-refractivity contribution is -0.228. The van der Waals surface area contributed by atoms with Crippen molar-refractivity contribution in [3.8, 4) is 0 Å². The molecule has 0 radical (unpaired) electrons. The first kappa shape index (κ1) is 27.7. The molecule has 204 valence electrons. The molecule has 37 heavy (non-hydrogen) atoms. The summed E-state index contributed by atoms with van der Waals surface area (Å²) in [5, 5.41) is 34.6. The molecular weight excluding hydrogens is 476 g/mol. The number of ketones is 1. The van der Waals surface area contributed by atoms with Gasteiger partial charge in [-0.3, -0.25) is 9.59 Å². The fraction of sp³-hybridized carbons (Fsp3) is 0.690. The van der Waals surface area contributed by atoms with Gasteiger partial charge in [-0.15, -0.1) is 0 Å². The van der Waals surface area contributed by atoms with E-state index in [2.05, 4.69) is 0 Å². The summed E-state index contributed by atoms with van der Waals surface area (Å²) in [4.78, 5) is 39.3. The predicted octanol–water partition coefficient (Wildman–Crippen LogP) is 2.65. The second kappa shape index (κ2) is 8.61. The van der Waals surface area contributed by atoms with Gasteiger partial charge in [-0.25, -0.2) is 4.79 Å². The zero-order valence-corrected chi connectivity index (χ0v) is 23.0. The van der Waals surface area contributed by atoms with Crippen molar-refractivity contribution >= 4 is 17.7 Å². The molecule has 8 nitrogen and oxygen atoms in total. The van der Waals surface area contributed by atoms with Crippen LogP contribution < -0.4 is 0 Å². The van der Waals surface area contributed by atoms with E-state index in [1.807, 2.05) is 13.8 Å². The minimum absolute atomic E-state index is 0.125. The first-order chi connectivity index (χ1) is 17.0. The summed E-state index contributed by atoms with van der Waals surface area (Å²) in [6.45, 7) is 13.5. The van der Waals surface area contributed by atoms with E-state index < -0.39 is 82.2 Å². The van der Waals surface area contributed by atoms with Crippen LogP contribution >= 0.6 is 0 Å². The second-order valence-corrected chi connectivity index (χ2v) is 12.3. The standard InChI is InChI=1S/C29H40O8/c1-9-15(4)25(33)36-23-17(6)28(35)19(21-26(7,8)29(21,23)37-24(32)14(2)3)11-18(13-30)12-27(34)20(28)10-16(5)22(27)31/h9-11,14,17,19-21,23,30,34-35H,12-13H2,1-8H3/b15-9+/t17-,19+,20-,21+,23+,27+,28-,29+/m0/s1. The summed E-state index contributed by atoms with van der Waals surface area (Å²) in [5.41, 5.74) is -4.51. The molecule has 0 aromatic carbocycles. The van der Waals surface area contributed by atoms with Gasteiger partial charge in [-0.2, -0.15) is 0 Å². The van der Waals surface area contributed by atoms with Crippen molar-refractivity contribution < 1.29 is 39.2 Å². The van der Waals surface area contributed by atoms with Gasteiger partial charge >= 0.3 is 11.9 Å². The van der Waals surface area contributed by atoms with Crippen molar-refractivity contribution in [2.45, 2.75) is 84.7 Å². The molecule has 0 saturated heterocycles. The number of carbonyl (C=O) groups is 3. The Morgan fingerprint density at radius 2 is 1.84 bits per heavy atom. The molecule has 0 amide bonds. The van der Waals surface area contributed by atoms with Crippen LogP contribution in [-0.4, -0.2) is 62.6 Å². The first-order valence-electron chi connectivity index (χ1n) is 13.1. The van der Waals surface area contributed by atoms with Crippen molar-refractivity contribution in [2.75, 3.05) is 6.61 Å². The third kappa shape index (κ3) is 3.48. The molecule has 8 heteroatoms. The summed E-state index contributed by atoms with van der Waals surface area (Å²) < 4.78 is 12.3. The highest BCUT2D eigenvalue weighted by Crippen LogP contribution is 2.77. The van der Waals surface area contributed by atoms with Crippen LogP contribution in [0.5, 0.6) is 0 Å². The van der Waals surface area contributed by atoms with Gasteiger partial charge in [0.1, 0.15) is 11.7 Å². The Balaban J connectivity index is 1.96. The Morgan fingerprint density at radius 1 is 1.22 bits per heavy atom. The van der Waals surface area contributed by atoms with E-state index in [1.165, 1.54) is 0 Å². The van der Waals surface area contributed by atoms with Crippen LogP contribution in [-0.2, 0) is 23.9 Å². The Labute approximate surface area is 218 Å². The quantitative estimate of drug-likeness (QED) is 0.289. The summed E-state index contributed by atoms with van der Waals surface area (Å²) in [5.74, 6) is -5.00. The lowest BCUT2D eigenvalue weighted by Gasteiger charge is -2.53. The molecule has 3 N–H and O–H groups in total. The highest BCUT2D eigenvalue weighted by Gasteiger charge is 2.88. The zero-order chi connectivity index (χ0) is 27.9. The predicted molar refractivity (Wildman–Crippen MR) is 135 cm³/mol. The van der Waals surface area contributed by atoms with Crippen LogP contribution in [0, 0.1) is 35.0 Å². The number of ether oxygens (including phenoxy) is 2. The molecule has 0 aromatic rings. The number of carbonyl (C=O) groups excluding carboxylic acids is 3. The van der Waals surface area contributed by atoms with Gasteiger partial charge in [0.25, 0.3) is 0 Å². The molecule has 2 saturated carbocycles. The number of allylic oxidation sites excluding steroid dienone is 1. The maximum atomic E-state index is 13.2. The molecule has 0 heterocycles. The third-order valence-corrected chi connectivity index (χ3v) is 9.69. The molecule has 2 fully saturated rings. The summed E-state index contributed by atoms with van der Waals surface area (Å²) >= 11 is 0. The number of rotatable bonds is 5. The Hall–Kier alpha value is -2.29. The summed E-state index contributed by atoms with van der Waals surface area (Å²) in [7, 11) is 0. The molecule has 4 aliphatic carbocycles. The highest BCUT2D eigenvalue weighted by molar-refractivity contribution is 6.04. The molecule has 0 spiro atoms. The largest absolute Gasteiger partial charge is 0.454 e. The van der Waals surface area contributed by atoms with Crippen LogP contribution in [0.25, 0.3) is 0 Å².